The molecule has 0 unspecified atom stereocenters. The molecule has 0 amide bonds. The predicted octanol–water partition coefficient (Wildman–Crippen LogP) is 3.51. The van der Waals surface area contributed by atoms with E-state index < -0.39 is 5.97 Å². The highest BCUT2D eigenvalue weighted by Crippen LogP contribution is 2.25. The van der Waals surface area contributed by atoms with Crippen molar-refractivity contribution in [1.82, 2.24) is 4.90 Å². The molecule has 1 heterocycles. The van der Waals surface area contributed by atoms with Crippen molar-refractivity contribution in [2.24, 2.45) is 11.8 Å². The monoisotopic (exact) mass is 295 g/mol. The number of likely N-dealkylation sites (tertiary alicyclic amines) is 1. The first-order valence-corrected chi connectivity index (χ1v) is 7.73. The summed E-state index contributed by atoms with van der Waals surface area (Å²) in [6.45, 7) is 4.36. The van der Waals surface area contributed by atoms with E-state index in [1.165, 1.54) is 16.7 Å². The van der Waals surface area contributed by atoms with Crippen molar-refractivity contribution >= 4 is 5.97 Å². The van der Waals surface area contributed by atoms with Crippen LogP contribution in [0, 0.1) is 11.8 Å². The lowest BCUT2D eigenvalue weighted by Gasteiger charge is -2.15. The fourth-order valence-corrected chi connectivity index (χ4v) is 3.21. The van der Waals surface area contributed by atoms with Crippen LogP contribution in [-0.2, 0) is 11.3 Å². The number of rotatable bonds is 4. The van der Waals surface area contributed by atoms with Gasteiger partial charge in [-0.15, -0.1) is 0 Å². The van der Waals surface area contributed by atoms with E-state index in [-0.39, 0.29) is 11.8 Å². The third-order valence-electron chi connectivity index (χ3n) is 4.47. The van der Waals surface area contributed by atoms with Crippen molar-refractivity contribution in [1.29, 1.82) is 0 Å². The molecule has 1 N–H and O–H groups in total. The van der Waals surface area contributed by atoms with Gasteiger partial charge in [-0.05, 0) is 22.6 Å². The highest BCUT2D eigenvalue weighted by molar-refractivity contribution is 5.71. The van der Waals surface area contributed by atoms with Gasteiger partial charge in [0.25, 0.3) is 0 Å². The van der Waals surface area contributed by atoms with E-state index in [4.69, 9.17) is 0 Å². The minimum absolute atomic E-state index is 0.223. The lowest BCUT2D eigenvalue weighted by molar-refractivity contribution is -0.142. The summed E-state index contributed by atoms with van der Waals surface area (Å²) in [6, 6.07) is 18.9. The molecule has 2 aromatic carbocycles. The minimum atomic E-state index is -0.672. The number of aliphatic carboxylic acids is 1. The maximum Gasteiger partial charge on any atom is 0.308 e. The Labute approximate surface area is 131 Å². The Hall–Kier alpha value is -2.13. The van der Waals surface area contributed by atoms with E-state index in [0.29, 0.717) is 6.54 Å². The van der Waals surface area contributed by atoms with Gasteiger partial charge < -0.3 is 5.11 Å². The summed E-state index contributed by atoms with van der Waals surface area (Å²) in [6.07, 6.45) is 0. The second-order valence-corrected chi connectivity index (χ2v) is 6.18. The van der Waals surface area contributed by atoms with E-state index in [1.54, 1.807) is 0 Å². The van der Waals surface area contributed by atoms with Crippen LogP contribution in [0.1, 0.15) is 12.5 Å². The van der Waals surface area contributed by atoms with Gasteiger partial charge in [-0.1, -0.05) is 61.5 Å². The summed E-state index contributed by atoms with van der Waals surface area (Å²) in [4.78, 5) is 13.4. The molecule has 3 heteroatoms. The van der Waals surface area contributed by atoms with Crippen LogP contribution in [-0.4, -0.2) is 29.1 Å². The van der Waals surface area contributed by atoms with Crippen molar-refractivity contribution in [2.45, 2.75) is 13.5 Å². The molecule has 0 aliphatic carbocycles. The van der Waals surface area contributed by atoms with Crippen molar-refractivity contribution < 1.29 is 9.90 Å². The number of carboxylic acid groups (broad SMARTS) is 1. The van der Waals surface area contributed by atoms with Gasteiger partial charge in [-0.3, -0.25) is 9.69 Å². The highest BCUT2D eigenvalue weighted by atomic mass is 16.4. The van der Waals surface area contributed by atoms with E-state index in [9.17, 15) is 9.90 Å². The van der Waals surface area contributed by atoms with Gasteiger partial charge in [-0.2, -0.15) is 0 Å². The normalized spacial score (nSPS) is 21.9. The lowest BCUT2D eigenvalue weighted by atomic mass is 9.99. The first kappa shape index (κ1) is 14.8. The molecule has 0 saturated carbocycles. The third kappa shape index (κ3) is 3.20. The van der Waals surface area contributed by atoms with Crippen molar-refractivity contribution in [2.75, 3.05) is 13.1 Å². The SMILES string of the molecule is C[C@@H]1CN(Cc2ccc(-c3ccccc3)cc2)C[C@H]1C(=O)O. The fraction of sp³-hybridized carbons (Fsp3) is 0.316. The Morgan fingerprint density at radius 2 is 1.68 bits per heavy atom. The van der Waals surface area contributed by atoms with E-state index in [1.807, 2.05) is 25.1 Å². The fourth-order valence-electron chi connectivity index (χ4n) is 3.21. The van der Waals surface area contributed by atoms with Gasteiger partial charge in [0.05, 0.1) is 5.92 Å². The minimum Gasteiger partial charge on any atom is -0.481 e. The van der Waals surface area contributed by atoms with Gasteiger partial charge in [0.2, 0.25) is 0 Å². The van der Waals surface area contributed by atoms with Crippen molar-refractivity contribution in [3.8, 4) is 11.1 Å². The van der Waals surface area contributed by atoms with Gasteiger partial charge in [0, 0.05) is 19.6 Å². The lowest BCUT2D eigenvalue weighted by Crippen LogP contribution is -2.23. The molecule has 114 valence electrons. The van der Waals surface area contributed by atoms with Crippen molar-refractivity contribution in [3.05, 3.63) is 60.2 Å². The molecule has 1 aliphatic rings. The Bertz CT molecular complexity index is 636. The van der Waals surface area contributed by atoms with Crippen LogP contribution in [0.2, 0.25) is 0 Å². The average molecular weight is 295 g/mol. The molecule has 22 heavy (non-hydrogen) atoms. The van der Waals surface area contributed by atoms with Crippen LogP contribution >= 0.6 is 0 Å². The summed E-state index contributed by atoms with van der Waals surface area (Å²) >= 11 is 0. The molecule has 2 aromatic rings. The smallest absolute Gasteiger partial charge is 0.308 e. The number of nitrogens with zero attached hydrogens (tertiary/aromatic N) is 1. The van der Waals surface area contributed by atoms with Gasteiger partial charge in [0.15, 0.2) is 0 Å². The molecular formula is C19H21NO2. The van der Waals surface area contributed by atoms with E-state index in [0.717, 1.165) is 13.1 Å². The van der Waals surface area contributed by atoms with Crippen LogP contribution in [0.15, 0.2) is 54.6 Å². The van der Waals surface area contributed by atoms with Crippen LogP contribution in [0.25, 0.3) is 11.1 Å². The first-order chi connectivity index (χ1) is 10.6. The average Bonchev–Trinajstić information content (AvgIpc) is 2.90. The molecule has 3 nitrogen and oxygen atoms in total. The number of hydrogen-bond donors (Lipinski definition) is 1. The second kappa shape index (κ2) is 6.32. The molecular weight excluding hydrogens is 274 g/mol. The molecule has 0 bridgehead atoms. The molecule has 1 aliphatic heterocycles. The topological polar surface area (TPSA) is 40.5 Å². The van der Waals surface area contributed by atoms with Gasteiger partial charge in [-0.25, -0.2) is 0 Å². The summed E-state index contributed by atoms with van der Waals surface area (Å²) < 4.78 is 0. The van der Waals surface area contributed by atoms with Crippen LogP contribution in [0.3, 0.4) is 0 Å². The van der Waals surface area contributed by atoms with Gasteiger partial charge in [0.1, 0.15) is 0 Å². The van der Waals surface area contributed by atoms with Crippen LogP contribution < -0.4 is 0 Å². The summed E-state index contributed by atoms with van der Waals surface area (Å²) in [7, 11) is 0. The molecule has 3 rings (SSSR count). The zero-order valence-corrected chi connectivity index (χ0v) is 12.8. The zero-order valence-electron chi connectivity index (χ0n) is 12.8. The molecule has 1 fully saturated rings. The molecule has 2 atom stereocenters. The number of carboxylic acids is 1. The number of hydrogen-bond acceptors (Lipinski definition) is 2. The van der Waals surface area contributed by atoms with Crippen molar-refractivity contribution in [3.63, 3.8) is 0 Å². The molecule has 0 spiro atoms. The molecule has 1 saturated heterocycles. The second-order valence-electron chi connectivity index (χ2n) is 6.18. The first-order valence-electron chi connectivity index (χ1n) is 7.73. The molecule has 0 aromatic heterocycles. The van der Waals surface area contributed by atoms with Gasteiger partial charge >= 0.3 is 5.97 Å². The summed E-state index contributed by atoms with van der Waals surface area (Å²) in [5.41, 5.74) is 3.66. The van der Waals surface area contributed by atoms with Crippen LogP contribution in [0.5, 0.6) is 0 Å². The largest absolute Gasteiger partial charge is 0.481 e. The molecule has 0 radical (unpaired) electrons. The quantitative estimate of drug-likeness (QED) is 0.938. The Morgan fingerprint density at radius 3 is 2.27 bits per heavy atom. The Morgan fingerprint density at radius 1 is 1.05 bits per heavy atom. The predicted molar refractivity (Wildman–Crippen MR) is 87.4 cm³/mol. The Kier molecular flexibility index (Phi) is 4.25. The standard InChI is InChI=1S/C19H21NO2/c1-14-11-20(13-18(14)19(21)22)12-15-7-9-17(10-8-15)16-5-3-2-4-6-16/h2-10,14,18H,11-13H2,1H3,(H,21,22)/t14-,18-/m1/s1. The number of benzene rings is 2. The summed E-state index contributed by atoms with van der Waals surface area (Å²) in [5.74, 6) is -0.681. The zero-order chi connectivity index (χ0) is 15.5. The van der Waals surface area contributed by atoms with E-state index >= 15 is 0 Å². The Balaban J connectivity index is 1.66. The number of carbonyl (C=O) groups is 1. The van der Waals surface area contributed by atoms with E-state index in [2.05, 4.69) is 41.3 Å². The maximum atomic E-state index is 11.2. The van der Waals surface area contributed by atoms with Crippen LogP contribution in [0.4, 0.5) is 0 Å². The third-order valence-corrected chi connectivity index (χ3v) is 4.47. The highest BCUT2D eigenvalue weighted by Gasteiger charge is 2.34. The maximum absolute atomic E-state index is 11.2. The summed E-state index contributed by atoms with van der Waals surface area (Å²) in [5, 5.41) is 9.20.